The van der Waals surface area contributed by atoms with Crippen molar-refractivity contribution in [3.05, 3.63) is 95.6 Å². The van der Waals surface area contributed by atoms with E-state index in [-0.39, 0.29) is 17.3 Å². The molecule has 184 valence electrons. The van der Waals surface area contributed by atoms with Gasteiger partial charge >= 0.3 is 0 Å². The van der Waals surface area contributed by atoms with Crippen molar-refractivity contribution in [1.29, 1.82) is 0 Å². The van der Waals surface area contributed by atoms with Crippen LogP contribution in [0.5, 0.6) is 0 Å². The van der Waals surface area contributed by atoms with Crippen LogP contribution in [0.15, 0.2) is 83.8 Å². The Bertz CT molecular complexity index is 1220. The van der Waals surface area contributed by atoms with Crippen LogP contribution in [0.4, 0.5) is 5.69 Å². The first-order chi connectivity index (χ1) is 16.9. The van der Waals surface area contributed by atoms with Crippen molar-refractivity contribution in [2.75, 3.05) is 23.9 Å². The molecule has 6 nitrogen and oxygen atoms in total. The molecule has 1 saturated heterocycles. The maximum absolute atomic E-state index is 13.4. The fourth-order valence-electron chi connectivity index (χ4n) is 4.35. The summed E-state index contributed by atoms with van der Waals surface area (Å²) in [5, 5.41) is 2.91. The zero-order valence-corrected chi connectivity index (χ0v) is 21.0. The molecule has 3 aromatic rings. The molecule has 1 aliphatic rings. The summed E-state index contributed by atoms with van der Waals surface area (Å²) in [4.78, 5) is 15.5. The molecular weight excluding hydrogens is 458 g/mol. The fraction of sp³-hybridized carbons (Fsp3) is 0.321. The van der Waals surface area contributed by atoms with Gasteiger partial charge in [-0.05, 0) is 68.2 Å². The van der Waals surface area contributed by atoms with Crippen LogP contribution in [0.25, 0.3) is 0 Å². The van der Waals surface area contributed by atoms with Gasteiger partial charge in [-0.3, -0.25) is 14.0 Å². The summed E-state index contributed by atoms with van der Waals surface area (Å²) in [6.45, 7) is 5.16. The van der Waals surface area contributed by atoms with E-state index in [1.165, 1.54) is 29.1 Å². The summed E-state index contributed by atoms with van der Waals surface area (Å²) in [6.07, 6.45) is 3.81. The van der Waals surface area contributed by atoms with Gasteiger partial charge in [0.05, 0.1) is 10.6 Å². The predicted octanol–water partition coefficient (Wildman–Crippen LogP) is 4.49. The molecule has 4 rings (SSSR count). The molecule has 1 aliphatic heterocycles. The first-order valence-corrected chi connectivity index (χ1v) is 13.6. The van der Waals surface area contributed by atoms with Crippen molar-refractivity contribution in [1.82, 2.24) is 10.2 Å². The number of likely N-dealkylation sites (tertiary alicyclic amines) is 1. The van der Waals surface area contributed by atoms with Gasteiger partial charge in [0.2, 0.25) is 5.91 Å². The number of hydrogen-bond acceptors (Lipinski definition) is 4. The zero-order valence-electron chi connectivity index (χ0n) is 20.2. The Hall–Kier alpha value is -3.16. The van der Waals surface area contributed by atoms with Crippen LogP contribution in [0.3, 0.4) is 0 Å². The van der Waals surface area contributed by atoms with Crippen LogP contribution in [0, 0.1) is 6.92 Å². The lowest BCUT2D eigenvalue weighted by molar-refractivity contribution is -0.119. The number of carbonyl (C=O) groups excluding carboxylic acids is 1. The molecule has 7 heteroatoms. The maximum atomic E-state index is 13.4. The third-order valence-corrected chi connectivity index (χ3v) is 8.06. The van der Waals surface area contributed by atoms with Gasteiger partial charge in [-0.2, -0.15) is 0 Å². The second-order valence-electron chi connectivity index (χ2n) is 9.09. The Morgan fingerprint density at radius 1 is 0.886 bits per heavy atom. The number of aryl methyl sites for hydroxylation is 1. The molecule has 1 fully saturated rings. The standard InChI is InChI=1S/C28H33N3O3S/c1-23-13-15-26(16-14-23)31(35(33,34)27-11-4-2-5-12-27)22-28(32)29-20-24-9-8-10-25(19-24)21-30-17-6-3-7-18-30/h2,4-5,8-16,19H,3,6-7,17-18,20-22H2,1H3,(H,29,32). The van der Waals surface area contributed by atoms with Gasteiger partial charge in [0, 0.05) is 13.1 Å². The van der Waals surface area contributed by atoms with Crippen LogP contribution in [-0.4, -0.2) is 38.9 Å². The van der Waals surface area contributed by atoms with Gasteiger partial charge in [0.1, 0.15) is 6.54 Å². The maximum Gasteiger partial charge on any atom is 0.264 e. The topological polar surface area (TPSA) is 69.7 Å². The average molecular weight is 492 g/mol. The van der Waals surface area contributed by atoms with E-state index >= 15 is 0 Å². The number of piperidine rings is 1. The summed E-state index contributed by atoms with van der Waals surface area (Å²) >= 11 is 0. The lowest BCUT2D eigenvalue weighted by Crippen LogP contribution is -2.40. The highest BCUT2D eigenvalue weighted by molar-refractivity contribution is 7.92. The summed E-state index contributed by atoms with van der Waals surface area (Å²) in [6, 6.07) is 23.6. The lowest BCUT2D eigenvalue weighted by atomic mass is 10.1. The third-order valence-electron chi connectivity index (χ3n) is 6.28. The molecule has 0 aliphatic carbocycles. The average Bonchev–Trinajstić information content (AvgIpc) is 2.88. The molecule has 35 heavy (non-hydrogen) atoms. The molecule has 0 atom stereocenters. The molecule has 0 radical (unpaired) electrons. The number of rotatable bonds is 9. The van der Waals surface area contributed by atoms with E-state index in [9.17, 15) is 13.2 Å². The lowest BCUT2D eigenvalue weighted by Gasteiger charge is -2.26. The van der Waals surface area contributed by atoms with Gasteiger partial charge in [-0.15, -0.1) is 0 Å². The van der Waals surface area contributed by atoms with Crippen molar-refractivity contribution in [3.8, 4) is 0 Å². The highest BCUT2D eigenvalue weighted by atomic mass is 32.2. The number of hydrogen-bond donors (Lipinski definition) is 1. The van der Waals surface area contributed by atoms with Gasteiger partial charge in [0.15, 0.2) is 0 Å². The largest absolute Gasteiger partial charge is 0.350 e. The Morgan fingerprint density at radius 2 is 1.57 bits per heavy atom. The van der Waals surface area contributed by atoms with E-state index in [2.05, 4.69) is 22.3 Å². The number of carbonyl (C=O) groups is 1. The molecule has 0 unspecified atom stereocenters. The SMILES string of the molecule is Cc1ccc(N(CC(=O)NCc2cccc(CN3CCCCC3)c2)S(=O)(=O)c2ccccc2)cc1. The molecular formula is C28H33N3O3S. The summed E-state index contributed by atoms with van der Waals surface area (Å²) in [7, 11) is -3.90. The van der Waals surface area contributed by atoms with E-state index in [0.29, 0.717) is 12.2 Å². The molecule has 0 spiro atoms. The molecule has 0 saturated carbocycles. The number of anilines is 1. The monoisotopic (exact) mass is 491 g/mol. The van der Waals surface area contributed by atoms with Crippen LogP contribution >= 0.6 is 0 Å². The quantitative estimate of drug-likeness (QED) is 0.479. The molecule has 0 aromatic heterocycles. The molecule has 1 heterocycles. The smallest absolute Gasteiger partial charge is 0.264 e. The van der Waals surface area contributed by atoms with Crippen LogP contribution in [0.2, 0.25) is 0 Å². The first-order valence-electron chi connectivity index (χ1n) is 12.1. The minimum atomic E-state index is -3.90. The number of sulfonamides is 1. The van der Waals surface area contributed by atoms with Gasteiger partial charge in [0.25, 0.3) is 10.0 Å². The van der Waals surface area contributed by atoms with Crippen molar-refractivity contribution in [3.63, 3.8) is 0 Å². The number of nitrogens with zero attached hydrogens (tertiary/aromatic N) is 2. The highest BCUT2D eigenvalue weighted by Crippen LogP contribution is 2.24. The van der Waals surface area contributed by atoms with E-state index in [0.717, 1.165) is 30.8 Å². The highest BCUT2D eigenvalue weighted by Gasteiger charge is 2.27. The summed E-state index contributed by atoms with van der Waals surface area (Å²) in [5.41, 5.74) is 3.70. The summed E-state index contributed by atoms with van der Waals surface area (Å²) in [5.74, 6) is -0.355. The minimum Gasteiger partial charge on any atom is -0.350 e. The number of amides is 1. The van der Waals surface area contributed by atoms with Gasteiger partial charge in [-0.25, -0.2) is 8.42 Å². The third kappa shape index (κ3) is 6.71. The van der Waals surface area contributed by atoms with Crippen molar-refractivity contribution >= 4 is 21.6 Å². The van der Waals surface area contributed by atoms with Gasteiger partial charge in [-0.1, -0.05) is 66.6 Å². The van der Waals surface area contributed by atoms with E-state index in [4.69, 9.17) is 0 Å². The molecule has 3 aromatic carbocycles. The Morgan fingerprint density at radius 3 is 2.29 bits per heavy atom. The Kier molecular flexibility index (Phi) is 8.21. The predicted molar refractivity (Wildman–Crippen MR) is 140 cm³/mol. The number of nitrogens with one attached hydrogen (secondary N) is 1. The normalized spacial score (nSPS) is 14.4. The van der Waals surface area contributed by atoms with Crippen molar-refractivity contribution < 1.29 is 13.2 Å². The second kappa shape index (κ2) is 11.5. The Balaban J connectivity index is 1.45. The van der Waals surface area contributed by atoms with Gasteiger partial charge < -0.3 is 5.32 Å². The van der Waals surface area contributed by atoms with Crippen LogP contribution in [-0.2, 0) is 27.9 Å². The van der Waals surface area contributed by atoms with E-state index in [1.807, 2.05) is 31.2 Å². The first kappa shape index (κ1) is 24.9. The molecule has 1 N–H and O–H groups in total. The van der Waals surface area contributed by atoms with E-state index in [1.54, 1.807) is 42.5 Å². The fourth-order valence-corrected chi connectivity index (χ4v) is 5.79. The molecule has 1 amide bonds. The van der Waals surface area contributed by atoms with E-state index < -0.39 is 10.0 Å². The second-order valence-corrected chi connectivity index (χ2v) is 11.0. The van der Waals surface area contributed by atoms with Crippen molar-refractivity contribution in [2.24, 2.45) is 0 Å². The van der Waals surface area contributed by atoms with Crippen LogP contribution < -0.4 is 9.62 Å². The number of benzene rings is 3. The molecule has 0 bridgehead atoms. The zero-order chi connectivity index (χ0) is 24.7. The van der Waals surface area contributed by atoms with Crippen molar-refractivity contribution in [2.45, 2.75) is 44.2 Å². The van der Waals surface area contributed by atoms with Crippen LogP contribution in [0.1, 0.15) is 36.0 Å². The minimum absolute atomic E-state index is 0.152. The summed E-state index contributed by atoms with van der Waals surface area (Å²) < 4.78 is 28.0. The Labute approximate surface area is 208 Å².